The van der Waals surface area contributed by atoms with Crippen molar-refractivity contribution in [3.63, 3.8) is 0 Å². The highest BCUT2D eigenvalue weighted by Crippen LogP contribution is 2.22. The molecule has 1 aromatic carbocycles. The largest absolute Gasteiger partial charge is 0.496 e. The maximum atomic E-state index is 12.3. The number of carbonyl (C=O) groups is 2. The fourth-order valence-electron chi connectivity index (χ4n) is 2.05. The molecule has 1 heterocycles. The molecule has 7 nitrogen and oxygen atoms in total. The molecule has 0 saturated carbocycles. The summed E-state index contributed by atoms with van der Waals surface area (Å²) in [6, 6.07) is 7.08. The Labute approximate surface area is 144 Å². The van der Waals surface area contributed by atoms with Crippen LogP contribution in [0.2, 0.25) is 0 Å². The number of ether oxygens (including phenoxy) is 2. The van der Waals surface area contributed by atoms with Gasteiger partial charge in [0.2, 0.25) is 0 Å². The first kappa shape index (κ1) is 18.0. The maximum absolute atomic E-state index is 12.3. The lowest BCUT2D eigenvalue weighted by Gasteiger charge is -2.07. The van der Waals surface area contributed by atoms with Crippen LogP contribution in [-0.4, -0.2) is 46.0 Å². The molecule has 24 heavy (non-hydrogen) atoms. The summed E-state index contributed by atoms with van der Waals surface area (Å²) < 4.78 is 11.8. The summed E-state index contributed by atoms with van der Waals surface area (Å²) in [6.07, 6.45) is 0.0539. The number of esters is 1. The van der Waals surface area contributed by atoms with Crippen molar-refractivity contribution < 1.29 is 19.1 Å². The van der Waals surface area contributed by atoms with Crippen molar-refractivity contribution in [1.82, 2.24) is 14.8 Å². The Balaban J connectivity index is 2.01. The van der Waals surface area contributed by atoms with Gasteiger partial charge in [-0.2, -0.15) is 0 Å². The van der Waals surface area contributed by atoms with Crippen molar-refractivity contribution in [2.45, 2.75) is 18.5 Å². The molecule has 0 saturated heterocycles. The van der Waals surface area contributed by atoms with Crippen molar-refractivity contribution in [1.29, 1.82) is 0 Å². The quantitative estimate of drug-likeness (QED) is 0.409. The second-order valence-electron chi connectivity index (χ2n) is 4.85. The second kappa shape index (κ2) is 8.49. The normalized spacial score (nSPS) is 10.5. The van der Waals surface area contributed by atoms with E-state index in [2.05, 4.69) is 10.2 Å². The fourth-order valence-corrected chi connectivity index (χ4v) is 2.86. The summed E-state index contributed by atoms with van der Waals surface area (Å²) in [7, 11) is 3.29. The van der Waals surface area contributed by atoms with Crippen LogP contribution in [0.5, 0.6) is 5.75 Å². The summed E-state index contributed by atoms with van der Waals surface area (Å²) in [6.45, 7) is 2.07. The van der Waals surface area contributed by atoms with Crippen LogP contribution in [0.3, 0.4) is 0 Å². The van der Waals surface area contributed by atoms with Crippen molar-refractivity contribution in [3.8, 4) is 5.75 Å². The lowest BCUT2D eigenvalue weighted by molar-refractivity contribution is -0.142. The summed E-state index contributed by atoms with van der Waals surface area (Å²) in [5, 5.41) is 8.57. The van der Waals surface area contributed by atoms with Crippen LogP contribution in [-0.2, 0) is 23.0 Å². The van der Waals surface area contributed by atoms with Crippen LogP contribution in [0.25, 0.3) is 0 Å². The molecule has 1 aromatic heterocycles. The minimum absolute atomic E-state index is 0.0539. The molecule has 2 aromatic rings. The van der Waals surface area contributed by atoms with Crippen molar-refractivity contribution in [2.75, 3.05) is 19.5 Å². The molecule has 0 atom stereocenters. The molecule has 0 amide bonds. The van der Waals surface area contributed by atoms with Gasteiger partial charge in [0.1, 0.15) is 18.0 Å². The Bertz CT molecular complexity index is 730. The van der Waals surface area contributed by atoms with E-state index < -0.39 is 0 Å². The number of carbonyl (C=O) groups excluding carboxylic acids is 2. The van der Waals surface area contributed by atoms with E-state index in [1.807, 2.05) is 6.07 Å². The van der Waals surface area contributed by atoms with Crippen LogP contribution >= 0.6 is 11.8 Å². The SMILES string of the molecule is CCOC(=O)Cc1nnc(SCC(=O)c2ccccc2OC)n1C. The monoisotopic (exact) mass is 349 g/mol. The smallest absolute Gasteiger partial charge is 0.313 e. The first-order valence-corrected chi connectivity index (χ1v) is 8.38. The van der Waals surface area contributed by atoms with Gasteiger partial charge in [0.25, 0.3) is 0 Å². The summed E-state index contributed by atoms with van der Waals surface area (Å²) >= 11 is 1.26. The van der Waals surface area contributed by atoms with E-state index in [0.29, 0.717) is 28.9 Å². The topological polar surface area (TPSA) is 83.3 Å². The lowest BCUT2D eigenvalue weighted by Crippen LogP contribution is -2.11. The van der Waals surface area contributed by atoms with E-state index in [9.17, 15) is 9.59 Å². The van der Waals surface area contributed by atoms with E-state index in [-0.39, 0.29) is 23.9 Å². The minimum Gasteiger partial charge on any atom is -0.496 e. The van der Waals surface area contributed by atoms with Gasteiger partial charge in [0.15, 0.2) is 10.9 Å². The number of benzene rings is 1. The molecule has 0 aliphatic heterocycles. The van der Waals surface area contributed by atoms with Gasteiger partial charge in [-0.1, -0.05) is 23.9 Å². The van der Waals surface area contributed by atoms with Crippen LogP contribution in [0.15, 0.2) is 29.4 Å². The van der Waals surface area contributed by atoms with Gasteiger partial charge in [-0.25, -0.2) is 0 Å². The third-order valence-electron chi connectivity index (χ3n) is 3.27. The average molecular weight is 349 g/mol. The van der Waals surface area contributed by atoms with Gasteiger partial charge < -0.3 is 14.0 Å². The summed E-state index contributed by atoms with van der Waals surface area (Å²) in [5.41, 5.74) is 0.529. The third kappa shape index (κ3) is 4.35. The second-order valence-corrected chi connectivity index (χ2v) is 5.79. The van der Waals surface area contributed by atoms with Gasteiger partial charge in [-0.15, -0.1) is 10.2 Å². The van der Waals surface area contributed by atoms with Gasteiger partial charge >= 0.3 is 5.97 Å². The van der Waals surface area contributed by atoms with Crippen LogP contribution < -0.4 is 4.74 Å². The third-order valence-corrected chi connectivity index (χ3v) is 4.29. The van der Waals surface area contributed by atoms with Crippen LogP contribution in [0.4, 0.5) is 0 Å². The van der Waals surface area contributed by atoms with E-state index in [4.69, 9.17) is 9.47 Å². The average Bonchev–Trinajstić information content (AvgIpc) is 2.93. The van der Waals surface area contributed by atoms with Crippen molar-refractivity contribution in [2.24, 2.45) is 7.05 Å². The Morgan fingerprint density at radius 3 is 2.71 bits per heavy atom. The zero-order chi connectivity index (χ0) is 17.5. The fraction of sp³-hybridized carbons (Fsp3) is 0.375. The standard InChI is InChI=1S/C16H19N3O4S/c1-4-23-15(21)9-14-17-18-16(19(14)2)24-10-12(20)11-7-5-6-8-13(11)22-3/h5-8H,4,9-10H2,1-3H3. The molecule has 0 unspecified atom stereocenters. The molecule has 0 N–H and O–H groups in total. The predicted octanol–water partition coefficient (Wildman–Crippen LogP) is 1.90. The molecular formula is C16H19N3O4S. The number of thioether (sulfide) groups is 1. The Morgan fingerprint density at radius 2 is 2.00 bits per heavy atom. The van der Waals surface area contributed by atoms with Crippen LogP contribution in [0, 0.1) is 0 Å². The van der Waals surface area contributed by atoms with Gasteiger partial charge in [0.05, 0.1) is 25.0 Å². The number of rotatable bonds is 8. The first-order chi connectivity index (χ1) is 11.6. The highest BCUT2D eigenvalue weighted by Gasteiger charge is 2.16. The number of Topliss-reactive ketones (excluding diaryl/α,β-unsaturated/α-hetero) is 1. The Kier molecular flexibility index (Phi) is 6.36. The molecule has 0 fully saturated rings. The Hall–Kier alpha value is -2.35. The van der Waals surface area contributed by atoms with Gasteiger partial charge in [0, 0.05) is 7.05 Å². The molecule has 8 heteroatoms. The number of methoxy groups -OCH3 is 1. The number of para-hydroxylation sites is 1. The van der Waals surface area contributed by atoms with Crippen molar-refractivity contribution >= 4 is 23.5 Å². The molecular weight excluding hydrogens is 330 g/mol. The van der Waals surface area contributed by atoms with E-state index in [1.54, 1.807) is 36.7 Å². The van der Waals surface area contributed by atoms with Gasteiger partial charge in [-0.3, -0.25) is 9.59 Å². The maximum Gasteiger partial charge on any atom is 0.313 e. The molecule has 0 spiro atoms. The lowest BCUT2D eigenvalue weighted by atomic mass is 10.1. The summed E-state index contributed by atoms with van der Waals surface area (Å²) in [4.78, 5) is 23.9. The highest BCUT2D eigenvalue weighted by atomic mass is 32.2. The molecule has 128 valence electrons. The molecule has 0 aliphatic carbocycles. The molecule has 0 aliphatic rings. The van der Waals surface area contributed by atoms with E-state index in [1.165, 1.54) is 18.9 Å². The number of nitrogens with zero attached hydrogens (tertiary/aromatic N) is 3. The van der Waals surface area contributed by atoms with E-state index >= 15 is 0 Å². The molecule has 0 radical (unpaired) electrons. The zero-order valence-electron chi connectivity index (χ0n) is 13.8. The zero-order valence-corrected chi connectivity index (χ0v) is 14.6. The number of hydrogen-bond donors (Lipinski definition) is 0. The first-order valence-electron chi connectivity index (χ1n) is 7.39. The summed E-state index contributed by atoms with van der Waals surface area (Å²) in [5.74, 6) is 0.831. The minimum atomic E-state index is -0.352. The van der Waals surface area contributed by atoms with E-state index in [0.717, 1.165) is 0 Å². The van der Waals surface area contributed by atoms with Gasteiger partial charge in [-0.05, 0) is 19.1 Å². The van der Waals surface area contributed by atoms with Crippen LogP contribution in [0.1, 0.15) is 23.1 Å². The predicted molar refractivity (Wildman–Crippen MR) is 89.4 cm³/mol. The number of ketones is 1. The highest BCUT2D eigenvalue weighted by molar-refractivity contribution is 7.99. The molecule has 0 bridgehead atoms. The van der Waals surface area contributed by atoms with Crippen molar-refractivity contribution in [3.05, 3.63) is 35.7 Å². The Morgan fingerprint density at radius 1 is 1.25 bits per heavy atom. The number of hydrogen-bond acceptors (Lipinski definition) is 7. The number of aromatic nitrogens is 3. The molecule has 2 rings (SSSR count).